The lowest BCUT2D eigenvalue weighted by atomic mass is 10.1. The van der Waals surface area contributed by atoms with Crippen molar-refractivity contribution >= 4 is 34.2 Å². The van der Waals surface area contributed by atoms with E-state index >= 15 is 0 Å². The molecule has 1 heterocycles. The van der Waals surface area contributed by atoms with Gasteiger partial charge in [-0.15, -0.1) is 12.4 Å². The first-order chi connectivity index (χ1) is 12.1. The van der Waals surface area contributed by atoms with Gasteiger partial charge >= 0.3 is 0 Å². The molecule has 1 N–H and O–H groups in total. The van der Waals surface area contributed by atoms with Gasteiger partial charge in [-0.3, -0.25) is 4.79 Å². The van der Waals surface area contributed by atoms with Crippen molar-refractivity contribution in [3.63, 3.8) is 0 Å². The monoisotopic (exact) mass is 438 g/mol. The molecule has 0 aliphatic carbocycles. The van der Waals surface area contributed by atoms with Crippen molar-refractivity contribution in [1.29, 1.82) is 0 Å². The lowest BCUT2D eigenvalue weighted by Crippen LogP contribution is -2.35. The van der Waals surface area contributed by atoms with Crippen LogP contribution >= 0.6 is 28.3 Å². The first-order valence-corrected chi connectivity index (χ1v) is 9.37. The maximum Gasteiger partial charge on any atom is 0.251 e. The van der Waals surface area contributed by atoms with Crippen LogP contribution < -0.4 is 10.1 Å². The molecule has 0 radical (unpaired) electrons. The highest BCUT2D eigenvalue weighted by molar-refractivity contribution is 9.10. The summed E-state index contributed by atoms with van der Waals surface area (Å²) >= 11 is 3.37. The lowest BCUT2D eigenvalue weighted by molar-refractivity contribution is 0.0950. The van der Waals surface area contributed by atoms with Gasteiger partial charge in [0.1, 0.15) is 11.9 Å². The maximum atomic E-state index is 12.2. The van der Waals surface area contributed by atoms with Gasteiger partial charge in [0.2, 0.25) is 0 Å². The Morgan fingerprint density at radius 3 is 2.58 bits per heavy atom. The fourth-order valence-electron chi connectivity index (χ4n) is 2.91. The third kappa shape index (κ3) is 6.01. The predicted octanol–water partition coefficient (Wildman–Crippen LogP) is 4.27. The Kier molecular flexibility index (Phi) is 7.94. The molecule has 0 unspecified atom stereocenters. The molecule has 0 atom stereocenters. The summed E-state index contributed by atoms with van der Waals surface area (Å²) in [7, 11) is 2.14. The quantitative estimate of drug-likeness (QED) is 0.756. The molecule has 2 aromatic rings. The Labute approximate surface area is 169 Å². The zero-order valence-electron chi connectivity index (χ0n) is 14.8. The third-order valence-corrected chi connectivity index (χ3v) is 4.95. The highest BCUT2D eigenvalue weighted by Gasteiger charge is 2.18. The molecule has 0 aromatic heterocycles. The summed E-state index contributed by atoms with van der Waals surface area (Å²) in [6, 6.07) is 15.3. The van der Waals surface area contributed by atoms with Gasteiger partial charge in [-0.1, -0.05) is 28.1 Å². The largest absolute Gasteiger partial charge is 0.490 e. The lowest BCUT2D eigenvalue weighted by Gasteiger charge is -2.29. The molecule has 0 saturated carbocycles. The Morgan fingerprint density at radius 1 is 1.19 bits per heavy atom. The number of nitrogens with zero attached hydrogens (tertiary/aromatic N) is 1. The van der Waals surface area contributed by atoms with Crippen LogP contribution in [0.1, 0.15) is 28.8 Å². The summed E-state index contributed by atoms with van der Waals surface area (Å²) in [5.74, 6) is 0.805. The number of rotatable bonds is 5. The molecule has 0 spiro atoms. The van der Waals surface area contributed by atoms with Gasteiger partial charge in [0.15, 0.2) is 0 Å². The number of hydrogen-bond acceptors (Lipinski definition) is 3. The van der Waals surface area contributed by atoms with E-state index in [0.29, 0.717) is 12.1 Å². The highest BCUT2D eigenvalue weighted by atomic mass is 79.9. The summed E-state index contributed by atoms with van der Waals surface area (Å²) in [4.78, 5) is 14.5. The van der Waals surface area contributed by atoms with Crippen LogP contribution in [0.4, 0.5) is 0 Å². The van der Waals surface area contributed by atoms with E-state index in [-0.39, 0.29) is 24.4 Å². The van der Waals surface area contributed by atoms with Crippen molar-refractivity contribution in [2.45, 2.75) is 25.5 Å². The number of ether oxygens (including phenoxy) is 1. The van der Waals surface area contributed by atoms with E-state index in [9.17, 15) is 4.79 Å². The second kappa shape index (κ2) is 9.95. The second-order valence-corrected chi connectivity index (χ2v) is 7.37. The maximum absolute atomic E-state index is 12.2. The van der Waals surface area contributed by atoms with Gasteiger partial charge in [0, 0.05) is 29.7 Å². The van der Waals surface area contributed by atoms with E-state index in [1.165, 1.54) is 0 Å². The first kappa shape index (κ1) is 20.7. The van der Waals surface area contributed by atoms with Crippen molar-refractivity contribution in [1.82, 2.24) is 10.2 Å². The van der Waals surface area contributed by atoms with Crippen molar-refractivity contribution in [3.05, 3.63) is 64.1 Å². The minimum Gasteiger partial charge on any atom is -0.490 e. The number of nitrogens with one attached hydrogen (secondary N) is 1. The molecule has 4 nitrogen and oxygen atoms in total. The van der Waals surface area contributed by atoms with E-state index in [1.54, 1.807) is 12.1 Å². The Hall–Kier alpha value is -1.56. The van der Waals surface area contributed by atoms with Crippen LogP contribution in [0.3, 0.4) is 0 Å². The molecule has 6 heteroatoms. The van der Waals surface area contributed by atoms with Gasteiger partial charge < -0.3 is 15.0 Å². The van der Waals surface area contributed by atoms with Crippen LogP contribution in [0.5, 0.6) is 5.75 Å². The first-order valence-electron chi connectivity index (χ1n) is 8.58. The molecule has 140 valence electrons. The molecular weight excluding hydrogens is 416 g/mol. The van der Waals surface area contributed by atoms with E-state index in [1.807, 2.05) is 36.4 Å². The fraction of sp³-hybridized carbons (Fsp3) is 0.350. The number of hydrogen-bond donors (Lipinski definition) is 1. The number of piperidine rings is 1. The summed E-state index contributed by atoms with van der Waals surface area (Å²) in [5.41, 5.74) is 1.69. The summed E-state index contributed by atoms with van der Waals surface area (Å²) in [5, 5.41) is 2.95. The van der Waals surface area contributed by atoms with Crippen LogP contribution in [0.25, 0.3) is 0 Å². The van der Waals surface area contributed by atoms with E-state index in [4.69, 9.17) is 4.74 Å². The van der Waals surface area contributed by atoms with Crippen LogP contribution in [0, 0.1) is 0 Å². The smallest absolute Gasteiger partial charge is 0.251 e. The van der Waals surface area contributed by atoms with Gasteiger partial charge in [-0.05, 0) is 61.9 Å². The fourth-order valence-corrected chi connectivity index (χ4v) is 3.17. The molecular formula is C20H24BrClN2O2. The van der Waals surface area contributed by atoms with Gasteiger partial charge in [-0.2, -0.15) is 0 Å². The summed E-state index contributed by atoms with van der Waals surface area (Å²) in [6.45, 7) is 2.64. The average Bonchev–Trinajstić information content (AvgIpc) is 2.63. The molecule has 1 aliphatic rings. The third-order valence-electron chi connectivity index (χ3n) is 4.43. The van der Waals surface area contributed by atoms with Crippen LogP contribution in [0.2, 0.25) is 0 Å². The van der Waals surface area contributed by atoms with Crippen LogP contribution in [-0.4, -0.2) is 37.0 Å². The van der Waals surface area contributed by atoms with Crippen LogP contribution in [0.15, 0.2) is 53.0 Å². The van der Waals surface area contributed by atoms with Crippen LogP contribution in [-0.2, 0) is 6.54 Å². The molecule has 1 saturated heterocycles. The van der Waals surface area contributed by atoms with Gasteiger partial charge in [-0.25, -0.2) is 0 Å². The molecule has 3 rings (SSSR count). The summed E-state index contributed by atoms with van der Waals surface area (Å²) < 4.78 is 7.07. The topological polar surface area (TPSA) is 41.6 Å². The zero-order chi connectivity index (χ0) is 17.6. The number of halogens is 2. The molecule has 1 fully saturated rings. The van der Waals surface area contributed by atoms with Crippen molar-refractivity contribution < 1.29 is 9.53 Å². The normalized spacial score (nSPS) is 15.2. The van der Waals surface area contributed by atoms with Crippen molar-refractivity contribution in [3.8, 4) is 5.75 Å². The zero-order valence-corrected chi connectivity index (χ0v) is 17.2. The van der Waals surface area contributed by atoms with E-state index in [2.05, 4.69) is 33.2 Å². The number of likely N-dealkylation sites (tertiary alicyclic amines) is 1. The minimum atomic E-state index is -0.0749. The minimum absolute atomic E-state index is 0. The number of carbonyl (C=O) groups excluding carboxylic acids is 1. The summed E-state index contributed by atoms with van der Waals surface area (Å²) in [6.07, 6.45) is 2.39. The Bertz CT molecular complexity index is 716. The van der Waals surface area contributed by atoms with Crippen molar-refractivity contribution in [2.24, 2.45) is 0 Å². The van der Waals surface area contributed by atoms with E-state index < -0.39 is 0 Å². The molecule has 2 aromatic carbocycles. The molecule has 26 heavy (non-hydrogen) atoms. The van der Waals surface area contributed by atoms with Gasteiger partial charge in [0.05, 0.1) is 0 Å². The SMILES string of the molecule is CN1CCC(Oc2cccc(CNC(=O)c3ccc(Br)cc3)c2)CC1.Cl. The molecule has 1 aliphatic heterocycles. The van der Waals surface area contributed by atoms with Gasteiger partial charge in [0.25, 0.3) is 5.91 Å². The average molecular weight is 440 g/mol. The number of carbonyl (C=O) groups is 1. The Morgan fingerprint density at radius 2 is 1.88 bits per heavy atom. The number of benzene rings is 2. The second-order valence-electron chi connectivity index (χ2n) is 6.46. The highest BCUT2D eigenvalue weighted by Crippen LogP contribution is 2.20. The predicted molar refractivity (Wildman–Crippen MR) is 110 cm³/mol. The molecule has 0 bridgehead atoms. The standard InChI is InChI=1S/C20H23BrN2O2.ClH/c1-23-11-9-18(10-12-23)25-19-4-2-3-15(13-19)14-22-20(24)16-5-7-17(21)8-6-16;/h2-8,13,18H,9-12,14H2,1H3,(H,22,24);1H. The van der Waals surface area contributed by atoms with E-state index in [0.717, 1.165) is 41.7 Å². The van der Waals surface area contributed by atoms with Crippen molar-refractivity contribution in [2.75, 3.05) is 20.1 Å². The number of amides is 1. The molecule has 1 amide bonds. The Balaban J connectivity index is 0.00000243.